The van der Waals surface area contributed by atoms with Gasteiger partial charge in [-0.1, -0.05) is 44.2 Å². The van der Waals surface area contributed by atoms with Crippen molar-refractivity contribution in [3.63, 3.8) is 0 Å². The summed E-state index contributed by atoms with van der Waals surface area (Å²) in [4.78, 5) is 27.5. The summed E-state index contributed by atoms with van der Waals surface area (Å²) in [6.07, 6.45) is 3.64. The fraction of sp³-hybridized carbons (Fsp3) is 0.400. The minimum absolute atomic E-state index is 0.0719. The van der Waals surface area contributed by atoms with Crippen LogP contribution in [0.1, 0.15) is 42.7 Å². The average molecular weight is 339 g/mol. The number of carbonyl (C=O) groups is 2. The van der Waals surface area contributed by atoms with Gasteiger partial charge in [0.15, 0.2) is 0 Å². The van der Waals surface area contributed by atoms with Crippen molar-refractivity contribution in [2.75, 3.05) is 0 Å². The van der Waals surface area contributed by atoms with Gasteiger partial charge < -0.3 is 14.8 Å². The summed E-state index contributed by atoms with van der Waals surface area (Å²) in [5.74, 6) is -0.165. The second kappa shape index (κ2) is 7.55. The lowest BCUT2D eigenvalue weighted by Gasteiger charge is -2.36. The van der Waals surface area contributed by atoms with Crippen LogP contribution >= 0.6 is 0 Å². The van der Waals surface area contributed by atoms with Crippen LogP contribution < -0.4 is 5.32 Å². The zero-order valence-electron chi connectivity index (χ0n) is 14.8. The maximum atomic E-state index is 12.9. The van der Waals surface area contributed by atoms with Crippen molar-refractivity contribution in [2.45, 2.75) is 51.9 Å². The smallest absolute Gasteiger partial charge is 0.271 e. The Kier molecular flexibility index (Phi) is 5.22. The second-order valence-corrected chi connectivity index (χ2v) is 6.50. The molecule has 0 bridgehead atoms. The monoisotopic (exact) mass is 339 g/mol. The van der Waals surface area contributed by atoms with Crippen LogP contribution in [0.15, 0.2) is 48.7 Å². The van der Waals surface area contributed by atoms with Crippen LogP contribution in [0, 0.1) is 0 Å². The van der Waals surface area contributed by atoms with Crippen molar-refractivity contribution in [1.82, 2.24) is 14.8 Å². The first-order chi connectivity index (χ1) is 12.1. The second-order valence-electron chi connectivity index (χ2n) is 6.50. The van der Waals surface area contributed by atoms with Gasteiger partial charge in [0.1, 0.15) is 11.7 Å². The van der Waals surface area contributed by atoms with E-state index in [1.54, 1.807) is 4.90 Å². The summed E-state index contributed by atoms with van der Waals surface area (Å²) in [5.41, 5.74) is 1.67. The summed E-state index contributed by atoms with van der Waals surface area (Å²) in [7, 11) is 0. The van der Waals surface area contributed by atoms with Crippen molar-refractivity contribution < 1.29 is 9.59 Å². The van der Waals surface area contributed by atoms with E-state index >= 15 is 0 Å². The molecule has 5 nitrogen and oxygen atoms in total. The van der Waals surface area contributed by atoms with E-state index in [4.69, 9.17) is 0 Å². The van der Waals surface area contributed by atoms with Gasteiger partial charge in [-0.05, 0) is 30.5 Å². The third kappa shape index (κ3) is 3.60. The Morgan fingerprint density at radius 3 is 2.56 bits per heavy atom. The molecular weight excluding hydrogens is 314 g/mol. The van der Waals surface area contributed by atoms with Crippen LogP contribution in [-0.4, -0.2) is 33.4 Å². The van der Waals surface area contributed by atoms with E-state index < -0.39 is 6.04 Å². The maximum absolute atomic E-state index is 12.9. The Morgan fingerprint density at radius 1 is 1.16 bits per heavy atom. The molecule has 132 valence electrons. The first-order valence-electron chi connectivity index (χ1n) is 8.94. The molecule has 1 aliphatic rings. The van der Waals surface area contributed by atoms with Crippen molar-refractivity contribution in [1.29, 1.82) is 0 Å². The molecule has 0 fully saturated rings. The molecule has 1 aromatic heterocycles. The molecule has 3 rings (SSSR count). The predicted octanol–water partition coefficient (Wildman–Crippen LogP) is 2.82. The number of carbonyl (C=O) groups excluding carboxylic acids is 2. The number of rotatable bonds is 6. The molecular formula is C20H25N3O2. The fourth-order valence-corrected chi connectivity index (χ4v) is 3.32. The van der Waals surface area contributed by atoms with Crippen molar-refractivity contribution in [3.8, 4) is 0 Å². The highest BCUT2D eigenvalue weighted by Gasteiger charge is 2.36. The largest absolute Gasteiger partial charge is 0.352 e. The standard InChI is InChI=1S/C20H25N3O2/c1-3-16(4-2)21-19(24)18-14-22-12-8-11-17(22)20(25)23(18)13-15-9-6-5-7-10-15/h5-12,16,18H,3-4,13-14H2,1-2H3,(H,21,24). The summed E-state index contributed by atoms with van der Waals surface area (Å²) in [5, 5.41) is 3.10. The van der Waals surface area contributed by atoms with Crippen LogP contribution in [0.25, 0.3) is 0 Å². The molecule has 0 saturated heterocycles. The van der Waals surface area contributed by atoms with E-state index in [0.717, 1.165) is 18.4 Å². The van der Waals surface area contributed by atoms with Gasteiger partial charge in [-0.15, -0.1) is 0 Å². The minimum atomic E-state index is -0.492. The number of amides is 2. The van der Waals surface area contributed by atoms with Crippen LogP contribution in [0.3, 0.4) is 0 Å². The van der Waals surface area contributed by atoms with Gasteiger partial charge in [-0.2, -0.15) is 0 Å². The molecule has 0 saturated carbocycles. The van der Waals surface area contributed by atoms with E-state index in [1.165, 1.54) is 0 Å². The Hall–Kier alpha value is -2.56. The topological polar surface area (TPSA) is 54.3 Å². The van der Waals surface area contributed by atoms with Gasteiger partial charge in [-0.25, -0.2) is 0 Å². The first kappa shape index (κ1) is 17.3. The number of benzene rings is 1. The normalized spacial score (nSPS) is 16.8. The molecule has 1 aromatic carbocycles. The predicted molar refractivity (Wildman–Crippen MR) is 97.0 cm³/mol. The number of hydrogen-bond donors (Lipinski definition) is 1. The number of fused-ring (bicyclic) bond motifs is 1. The number of aromatic nitrogens is 1. The summed E-state index contributed by atoms with van der Waals surface area (Å²) < 4.78 is 1.88. The molecule has 2 heterocycles. The molecule has 25 heavy (non-hydrogen) atoms. The van der Waals surface area contributed by atoms with Gasteiger partial charge in [-0.3, -0.25) is 9.59 Å². The van der Waals surface area contributed by atoms with Crippen molar-refractivity contribution in [3.05, 3.63) is 59.9 Å². The third-order valence-electron chi connectivity index (χ3n) is 4.89. The highest BCUT2D eigenvalue weighted by atomic mass is 16.2. The highest BCUT2D eigenvalue weighted by molar-refractivity contribution is 5.97. The molecule has 5 heteroatoms. The lowest BCUT2D eigenvalue weighted by atomic mass is 10.1. The van der Waals surface area contributed by atoms with Gasteiger partial charge in [0.25, 0.3) is 5.91 Å². The number of nitrogens with one attached hydrogen (secondary N) is 1. The van der Waals surface area contributed by atoms with E-state index in [-0.39, 0.29) is 17.9 Å². The van der Waals surface area contributed by atoms with Gasteiger partial charge >= 0.3 is 0 Å². The molecule has 2 aromatic rings. The summed E-state index contributed by atoms with van der Waals surface area (Å²) in [6.45, 7) is 5.05. The van der Waals surface area contributed by atoms with Gasteiger partial charge in [0.05, 0.1) is 6.54 Å². The quantitative estimate of drug-likeness (QED) is 0.880. The lowest BCUT2D eigenvalue weighted by molar-refractivity contribution is -0.127. The Morgan fingerprint density at radius 2 is 1.88 bits per heavy atom. The third-order valence-corrected chi connectivity index (χ3v) is 4.89. The van der Waals surface area contributed by atoms with Crippen molar-refractivity contribution in [2.24, 2.45) is 0 Å². The summed E-state index contributed by atoms with van der Waals surface area (Å²) in [6, 6.07) is 13.1. The lowest BCUT2D eigenvalue weighted by Crippen LogP contribution is -2.56. The molecule has 0 spiro atoms. The summed E-state index contributed by atoms with van der Waals surface area (Å²) >= 11 is 0. The van der Waals surface area contributed by atoms with E-state index in [1.807, 2.05) is 53.2 Å². The van der Waals surface area contributed by atoms with Crippen LogP contribution in [0.5, 0.6) is 0 Å². The Labute approximate surface area is 148 Å². The molecule has 0 aliphatic carbocycles. The van der Waals surface area contributed by atoms with Gasteiger partial charge in [0.2, 0.25) is 5.91 Å². The molecule has 1 N–H and O–H groups in total. The highest BCUT2D eigenvalue weighted by Crippen LogP contribution is 2.21. The zero-order chi connectivity index (χ0) is 17.8. The van der Waals surface area contributed by atoms with E-state index in [0.29, 0.717) is 18.8 Å². The minimum Gasteiger partial charge on any atom is -0.352 e. The Bertz CT molecular complexity index is 734. The molecule has 1 aliphatic heterocycles. The van der Waals surface area contributed by atoms with E-state index in [2.05, 4.69) is 19.2 Å². The van der Waals surface area contributed by atoms with Crippen LogP contribution in [0.2, 0.25) is 0 Å². The number of hydrogen-bond acceptors (Lipinski definition) is 2. The Balaban J connectivity index is 1.87. The average Bonchev–Trinajstić information content (AvgIpc) is 3.11. The van der Waals surface area contributed by atoms with E-state index in [9.17, 15) is 9.59 Å². The van der Waals surface area contributed by atoms with Gasteiger partial charge in [0, 0.05) is 18.8 Å². The first-order valence-corrected chi connectivity index (χ1v) is 8.94. The molecule has 1 unspecified atom stereocenters. The molecule has 1 atom stereocenters. The SMILES string of the molecule is CCC(CC)NC(=O)C1Cn2cccc2C(=O)N1Cc1ccccc1. The number of nitrogens with zero attached hydrogens (tertiary/aromatic N) is 2. The van der Waals surface area contributed by atoms with Crippen molar-refractivity contribution >= 4 is 11.8 Å². The van der Waals surface area contributed by atoms with Crippen LogP contribution in [-0.2, 0) is 17.9 Å². The zero-order valence-corrected chi connectivity index (χ0v) is 14.8. The van der Waals surface area contributed by atoms with Crippen LogP contribution in [0.4, 0.5) is 0 Å². The molecule has 0 radical (unpaired) electrons. The maximum Gasteiger partial charge on any atom is 0.271 e. The molecule has 2 amide bonds. The fourth-order valence-electron chi connectivity index (χ4n) is 3.32.